The summed E-state index contributed by atoms with van der Waals surface area (Å²) in [5, 5.41) is 2.83. The number of amides is 1. The molecule has 1 aromatic carbocycles. The predicted octanol–water partition coefficient (Wildman–Crippen LogP) is 3.05. The van der Waals surface area contributed by atoms with Crippen molar-refractivity contribution in [1.29, 1.82) is 0 Å². The van der Waals surface area contributed by atoms with E-state index in [2.05, 4.69) is 36.2 Å². The van der Waals surface area contributed by atoms with Gasteiger partial charge in [0.2, 0.25) is 0 Å². The Bertz CT molecular complexity index is 697. The molecule has 1 atom stereocenters. The number of benzene rings is 1. The number of thiazole rings is 1. The van der Waals surface area contributed by atoms with E-state index in [0.717, 1.165) is 43.7 Å². The van der Waals surface area contributed by atoms with Gasteiger partial charge in [-0.05, 0) is 43.4 Å². The van der Waals surface area contributed by atoms with E-state index in [1.807, 2.05) is 10.3 Å². The minimum absolute atomic E-state index is 0.0701. The zero-order chi connectivity index (χ0) is 16.9. The van der Waals surface area contributed by atoms with Gasteiger partial charge in [-0.2, -0.15) is 0 Å². The monoisotopic (exact) mass is 343 g/mol. The molecule has 0 bridgehead atoms. The van der Waals surface area contributed by atoms with E-state index >= 15 is 0 Å². The summed E-state index contributed by atoms with van der Waals surface area (Å²) >= 11 is 1.53. The molecule has 1 amide bonds. The molecule has 5 heteroatoms. The van der Waals surface area contributed by atoms with Gasteiger partial charge in [0, 0.05) is 24.4 Å². The van der Waals surface area contributed by atoms with Gasteiger partial charge in [-0.25, -0.2) is 4.98 Å². The molecule has 0 spiro atoms. The highest BCUT2D eigenvalue weighted by Gasteiger charge is 2.28. The topological polar surface area (TPSA) is 59.2 Å². The average molecular weight is 343 g/mol. The van der Waals surface area contributed by atoms with Gasteiger partial charge < -0.3 is 10.6 Å². The summed E-state index contributed by atoms with van der Waals surface area (Å²) < 4.78 is 0. The Morgan fingerprint density at radius 2 is 2.17 bits per heavy atom. The minimum atomic E-state index is 0.0701. The molecule has 128 valence electrons. The Labute approximate surface area is 147 Å². The molecular formula is C19H25N3OS. The molecule has 1 aliphatic rings. The zero-order valence-electron chi connectivity index (χ0n) is 14.2. The average Bonchev–Trinajstić information content (AvgIpc) is 3.08. The number of nitrogens with two attached hydrogens (primary N) is 1. The van der Waals surface area contributed by atoms with Crippen LogP contribution < -0.4 is 5.73 Å². The number of hydrogen-bond acceptors (Lipinski definition) is 4. The quantitative estimate of drug-likeness (QED) is 0.877. The predicted molar refractivity (Wildman–Crippen MR) is 98.5 cm³/mol. The molecular weight excluding hydrogens is 318 g/mol. The lowest BCUT2D eigenvalue weighted by molar-refractivity contribution is 0.0656. The molecule has 0 saturated carbocycles. The highest BCUT2D eigenvalue weighted by atomic mass is 32.1. The standard InChI is InChI=1S/C19H25N3OS/c1-2-11-22(19(23)17-13-24-18(21-17)9-10-20)16-8-7-14-5-3-4-6-15(14)12-16/h3-6,13,16H,2,7-12,20H2,1H3. The smallest absolute Gasteiger partial charge is 0.273 e. The van der Waals surface area contributed by atoms with E-state index < -0.39 is 0 Å². The van der Waals surface area contributed by atoms with Gasteiger partial charge in [0.25, 0.3) is 5.91 Å². The molecule has 2 N–H and O–H groups in total. The molecule has 3 rings (SSSR count). The van der Waals surface area contributed by atoms with Gasteiger partial charge in [-0.3, -0.25) is 4.79 Å². The van der Waals surface area contributed by atoms with Crippen molar-refractivity contribution in [2.75, 3.05) is 13.1 Å². The van der Waals surface area contributed by atoms with Crippen molar-refractivity contribution < 1.29 is 4.79 Å². The summed E-state index contributed by atoms with van der Waals surface area (Å²) in [7, 11) is 0. The Morgan fingerprint density at radius 1 is 1.38 bits per heavy atom. The third-order valence-corrected chi connectivity index (χ3v) is 5.52. The summed E-state index contributed by atoms with van der Waals surface area (Å²) in [6, 6.07) is 8.86. The van der Waals surface area contributed by atoms with Crippen LogP contribution in [0.2, 0.25) is 0 Å². The number of rotatable bonds is 6. The van der Waals surface area contributed by atoms with Gasteiger partial charge >= 0.3 is 0 Å². The van der Waals surface area contributed by atoms with Gasteiger partial charge in [0.1, 0.15) is 5.69 Å². The van der Waals surface area contributed by atoms with Gasteiger partial charge in [0.05, 0.1) is 5.01 Å². The Morgan fingerprint density at radius 3 is 2.92 bits per heavy atom. The van der Waals surface area contributed by atoms with Crippen LogP contribution in [0.25, 0.3) is 0 Å². The number of hydrogen-bond donors (Lipinski definition) is 1. The molecule has 0 saturated heterocycles. The second kappa shape index (κ2) is 7.90. The van der Waals surface area contributed by atoms with Crippen LogP contribution in [0.3, 0.4) is 0 Å². The lowest BCUT2D eigenvalue weighted by Crippen LogP contribution is -2.44. The van der Waals surface area contributed by atoms with Crippen molar-refractivity contribution in [3.05, 3.63) is 51.5 Å². The van der Waals surface area contributed by atoms with Crippen LogP contribution in [0.5, 0.6) is 0 Å². The van der Waals surface area contributed by atoms with E-state index in [0.29, 0.717) is 12.2 Å². The molecule has 2 aromatic rings. The molecule has 0 radical (unpaired) electrons. The number of aromatic nitrogens is 1. The van der Waals surface area contributed by atoms with Crippen LogP contribution in [-0.2, 0) is 19.3 Å². The van der Waals surface area contributed by atoms with Crippen LogP contribution in [0.15, 0.2) is 29.6 Å². The summed E-state index contributed by atoms with van der Waals surface area (Å²) in [6.45, 7) is 3.48. The summed E-state index contributed by atoms with van der Waals surface area (Å²) in [6.07, 6.45) is 4.72. The molecule has 1 aromatic heterocycles. The largest absolute Gasteiger partial charge is 0.334 e. The van der Waals surface area contributed by atoms with Crippen LogP contribution in [0, 0.1) is 0 Å². The third-order valence-electron chi connectivity index (χ3n) is 4.62. The lowest BCUT2D eigenvalue weighted by Gasteiger charge is -2.35. The first-order chi connectivity index (χ1) is 11.7. The third kappa shape index (κ3) is 3.68. The van der Waals surface area contributed by atoms with E-state index in [1.165, 1.54) is 22.5 Å². The van der Waals surface area contributed by atoms with Gasteiger partial charge in [-0.15, -0.1) is 11.3 Å². The van der Waals surface area contributed by atoms with Crippen molar-refractivity contribution in [3.8, 4) is 0 Å². The maximum absolute atomic E-state index is 13.0. The molecule has 24 heavy (non-hydrogen) atoms. The second-order valence-corrected chi connectivity index (χ2v) is 7.27. The number of aryl methyl sites for hydroxylation is 1. The van der Waals surface area contributed by atoms with Crippen molar-refractivity contribution in [2.45, 2.75) is 45.1 Å². The molecule has 4 nitrogen and oxygen atoms in total. The summed E-state index contributed by atoms with van der Waals surface area (Å²) in [5.41, 5.74) is 8.97. The number of carbonyl (C=O) groups excluding carboxylic acids is 1. The van der Waals surface area contributed by atoms with Crippen molar-refractivity contribution >= 4 is 17.2 Å². The maximum Gasteiger partial charge on any atom is 0.273 e. The fraction of sp³-hybridized carbons (Fsp3) is 0.474. The first kappa shape index (κ1) is 17.1. The molecule has 0 fully saturated rings. The number of carbonyl (C=O) groups is 1. The van der Waals surface area contributed by atoms with Crippen molar-refractivity contribution in [2.24, 2.45) is 5.73 Å². The lowest BCUT2D eigenvalue weighted by atomic mass is 9.87. The van der Waals surface area contributed by atoms with Gasteiger partial charge in [0.15, 0.2) is 0 Å². The molecule has 1 heterocycles. The van der Waals surface area contributed by atoms with E-state index in [9.17, 15) is 4.79 Å². The fourth-order valence-electron chi connectivity index (χ4n) is 3.43. The van der Waals surface area contributed by atoms with Gasteiger partial charge in [-0.1, -0.05) is 31.2 Å². The maximum atomic E-state index is 13.0. The van der Waals surface area contributed by atoms with E-state index in [4.69, 9.17) is 5.73 Å². The molecule has 1 aliphatic carbocycles. The minimum Gasteiger partial charge on any atom is -0.334 e. The van der Waals surface area contributed by atoms with E-state index in [-0.39, 0.29) is 11.9 Å². The van der Waals surface area contributed by atoms with E-state index in [1.54, 1.807) is 0 Å². The molecule has 1 unspecified atom stereocenters. The Balaban J connectivity index is 1.78. The van der Waals surface area contributed by atoms with Crippen LogP contribution in [0.1, 0.15) is 46.4 Å². The number of nitrogens with zero attached hydrogens (tertiary/aromatic N) is 2. The Kier molecular flexibility index (Phi) is 5.63. The second-order valence-electron chi connectivity index (χ2n) is 6.33. The first-order valence-corrected chi connectivity index (χ1v) is 9.63. The molecule has 0 aliphatic heterocycles. The van der Waals surface area contributed by atoms with Crippen LogP contribution in [-0.4, -0.2) is 34.9 Å². The highest BCUT2D eigenvalue weighted by molar-refractivity contribution is 7.09. The SMILES string of the molecule is CCCN(C(=O)c1csc(CCN)n1)C1CCc2ccccc2C1. The number of fused-ring (bicyclic) bond motifs is 1. The van der Waals surface area contributed by atoms with Crippen molar-refractivity contribution in [1.82, 2.24) is 9.88 Å². The highest BCUT2D eigenvalue weighted by Crippen LogP contribution is 2.26. The zero-order valence-corrected chi connectivity index (χ0v) is 15.0. The first-order valence-electron chi connectivity index (χ1n) is 8.75. The van der Waals surface area contributed by atoms with Crippen LogP contribution in [0.4, 0.5) is 0 Å². The van der Waals surface area contributed by atoms with Crippen molar-refractivity contribution in [3.63, 3.8) is 0 Å². The van der Waals surface area contributed by atoms with Crippen LogP contribution >= 0.6 is 11.3 Å². The summed E-state index contributed by atoms with van der Waals surface area (Å²) in [4.78, 5) is 19.5. The normalized spacial score (nSPS) is 16.7. The summed E-state index contributed by atoms with van der Waals surface area (Å²) in [5.74, 6) is 0.0701. The fourth-order valence-corrected chi connectivity index (χ4v) is 4.22. The Hall–Kier alpha value is -1.72.